The second-order valence-electron chi connectivity index (χ2n) is 7.76. The summed E-state index contributed by atoms with van der Waals surface area (Å²) in [4.78, 5) is 13.4. The predicted octanol–water partition coefficient (Wildman–Crippen LogP) is 3.76. The molecule has 0 amide bonds. The Kier molecular flexibility index (Phi) is 5.40. The Morgan fingerprint density at radius 3 is 2.57 bits per heavy atom. The standard InChI is InChI=1S/C20H26N2O4S2/c1-6-22-19(24)14(10-21-22)17(23)13-8-9-15-16(12(13)3)18(27-7-2)20(4,5)11-28(15,25)26/h8-10,18,24H,6-7,11H2,1-5H3. The molecule has 0 radical (unpaired) electrons. The monoisotopic (exact) mass is 422 g/mol. The third-order valence-electron chi connectivity index (χ3n) is 5.28. The third-order valence-corrected chi connectivity index (χ3v) is 8.97. The molecule has 0 saturated carbocycles. The minimum atomic E-state index is -3.43. The van der Waals surface area contributed by atoms with Crippen molar-refractivity contribution in [1.82, 2.24) is 9.78 Å². The van der Waals surface area contributed by atoms with E-state index in [4.69, 9.17) is 0 Å². The zero-order valence-electron chi connectivity index (χ0n) is 16.8. The molecule has 1 aliphatic heterocycles. The Balaban J connectivity index is 2.21. The summed E-state index contributed by atoms with van der Waals surface area (Å²) in [7, 11) is -3.43. The minimum Gasteiger partial charge on any atom is -0.493 e. The molecule has 0 saturated heterocycles. The minimum absolute atomic E-state index is 0.0317. The Hall–Kier alpha value is -1.80. The molecule has 1 unspecified atom stereocenters. The smallest absolute Gasteiger partial charge is 0.220 e. The highest BCUT2D eigenvalue weighted by Gasteiger charge is 2.44. The molecule has 8 heteroatoms. The van der Waals surface area contributed by atoms with E-state index in [2.05, 4.69) is 5.10 Å². The molecule has 6 nitrogen and oxygen atoms in total. The second kappa shape index (κ2) is 7.22. The summed E-state index contributed by atoms with van der Waals surface area (Å²) in [5, 5.41) is 14.3. The van der Waals surface area contributed by atoms with E-state index in [0.29, 0.717) is 22.6 Å². The maximum Gasteiger partial charge on any atom is 0.220 e. The molecule has 0 bridgehead atoms. The van der Waals surface area contributed by atoms with Crippen molar-refractivity contribution < 1.29 is 18.3 Å². The van der Waals surface area contributed by atoms with E-state index in [1.807, 2.05) is 27.7 Å². The Morgan fingerprint density at radius 1 is 1.32 bits per heavy atom. The van der Waals surface area contributed by atoms with E-state index in [0.717, 1.165) is 11.3 Å². The van der Waals surface area contributed by atoms with Gasteiger partial charge in [-0.2, -0.15) is 16.9 Å². The molecule has 28 heavy (non-hydrogen) atoms. The van der Waals surface area contributed by atoms with Gasteiger partial charge in [0.15, 0.2) is 15.6 Å². The van der Waals surface area contributed by atoms with Crippen molar-refractivity contribution in [2.75, 3.05) is 11.5 Å². The molecule has 1 aromatic carbocycles. The van der Waals surface area contributed by atoms with Gasteiger partial charge in [0.25, 0.3) is 0 Å². The highest BCUT2D eigenvalue weighted by Crippen LogP contribution is 2.52. The van der Waals surface area contributed by atoms with Crippen molar-refractivity contribution in [3.63, 3.8) is 0 Å². The van der Waals surface area contributed by atoms with Gasteiger partial charge in [0.05, 0.1) is 16.8 Å². The number of fused-ring (bicyclic) bond motifs is 1. The maximum atomic E-state index is 13.1. The van der Waals surface area contributed by atoms with Crippen LogP contribution in [-0.2, 0) is 16.4 Å². The van der Waals surface area contributed by atoms with Crippen LogP contribution >= 0.6 is 11.8 Å². The van der Waals surface area contributed by atoms with Crippen LogP contribution in [0.5, 0.6) is 5.88 Å². The van der Waals surface area contributed by atoms with Crippen LogP contribution in [0.1, 0.15) is 60.0 Å². The fraction of sp³-hybridized carbons (Fsp3) is 0.500. The van der Waals surface area contributed by atoms with Gasteiger partial charge in [-0.1, -0.05) is 20.8 Å². The Bertz CT molecular complexity index is 1040. The lowest BCUT2D eigenvalue weighted by Gasteiger charge is -2.40. The van der Waals surface area contributed by atoms with Crippen molar-refractivity contribution >= 4 is 27.4 Å². The van der Waals surface area contributed by atoms with Gasteiger partial charge in [-0.3, -0.25) is 4.79 Å². The van der Waals surface area contributed by atoms with Crippen molar-refractivity contribution in [1.29, 1.82) is 0 Å². The van der Waals surface area contributed by atoms with E-state index in [1.54, 1.807) is 30.8 Å². The van der Waals surface area contributed by atoms with Crippen LogP contribution < -0.4 is 0 Å². The molecule has 0 aliphatic carbocycles. The van der Waals surface area contributed by atoms with Gasteiger partial charge in [-0.05, 0) is 48.3 Å². The first-order valence-corrected chi connectivity index (χ1v) is 12.0. The van der Waals surface area contributed by atoms with Crippen LogP contribution in [0.3, 0.4) is 0 Å². The van der Waals surface area contributed by atoms with Gasteiger partial charge < -0.3 is 5.11 Å². The van der Waals surface area contributed by atoms with E-state index in [9.17, 15) is 18.3 Å². The molecule has 1 N–H and O–H groups in total. The zero-order valence-corrected chi connectivity index (χ0v) is 18.4. The molecule has 1 aromatic heterocycles. The number of thioether (sulfide) groups is 1. The Morgan fingerprint density at radius 2 is 2.00 bits per heavy atom. The normalized spacial score (nSPS) is 20.0. The van der Waals surface area contributed by atoms with Crippen molar-refractivity contribution in [2.45, 2.75) is 51.3 Å². The Labute approximate surface area is 170 Å². The molecule has 152 valence electrons. The molecule has 1 atom stereocenters. The van der Waals surface area contributed by atoms with Crippen LogP contribution in [-0.4, -0.2) is 40.6 Å². The number of sulfone groups is 1. The van der Waals surface area contributed by atoms with E-state index in [1.165, 1.54) is 10.9 Å². The first-order chi connectivity index (χ1) is 13.0. The summed E-state index contributed by atoms with van der Waals surface area (Å²) in [6, 6.07) is 3.10. The van der Waals surface area contributed by atoms with Crippen LogP contribution in [0.25, 0.3) is 0 Å². The number of carbonyl (C=O) groups is 1. The highest BCUT2D eigenvalue weighted by atomic mass is 32.2. The quantitative estimate of drug-likeness (QED) is 0.738. The molecule has 3 rings (SSSR count). The first-order valence-electron chi connectivity index (χ1n) is 9.32. The predicted molar refractivity (Wildman–Crippen MR) is 111 cm³/mol. The number of aryl methyl sites for hydroxylation is 1. The van der Waals surface area contributed by atoms with E-state index >= 15 is 0 Å². The molecule has 2 aromatic rings. The number of nitrogens with zero attached hydrogens (tertiary/aromatic N) is 2. The van der Waals surface area contributed by atoms with Gasteiger partial charge in [0.2, 0.25) is 5.88 Å². The lowest BCUT2D eigenvalue weighted by atomic mass is 9.83. The SMILES string of the molecule is CCSC1c2c(ccc(C(=O)c3cnn(CC)c3O)c2C)S(=O)(=O)CC1(C)C. The summed E-state index contributed by atoms with van der Waals surface area (Å²) in [6.07, 6.45) is 1.36. The number of hydrogen-bond donors (Lipinski definition) is 1. The molecule has 0 spiro atoms. The fourth-order valence-electron chi connectivity index (χ4n) is 3.97. The first kappa shape index (κ1) is 20.9. The van der Waals surface area contributed by atoms with Crippen LogP contribution in [0, 0.1) is 12.3 Å². The number of aromatic nitrogens is 2. The summed E-state index contributed by atoms with van der Waals surface area (Å²) < 4.78 is 27.1. The van der Waals surface area contributed by atoms with Crippen LogP contribution in [0.4, 0.5) is 0 Å². The lowest BCUT2D eigenvalue weighted by Crippen LogP contribution is -2.36. The lowest BCUT2D eigenvalue weighted by molar-refractivity contribution is 0.103. The van der Waals surface area contributed by atoms with Crippen molar-refractivity contribution in [2.24, 2.45) is 5.41 Å². The van der Waals surface area contributed by atoms with Gasteiger partial charge in [0, 0.05) is 17.4 Å². The summed E-state index contributed by atoms with van der Waals surface area (Å²) in [5.74, 6) is 0.409. The van der Waals surface area contributed by atoms with Gasteiger partial charge in [0.1, 0.15) is 5.56 Å². The van der Waals surface area contributed by atoms with Gasteiger partial charge >= 0.3 is 0 Å². The average Bonchev–Trinajstić information content (AvgIpc) is 2.98. The number of hydrogen-bond acceptors (Lipinski definition) is 6. The summed E-state index contributed by atoms with van der Waals surface area (Å²) in [6.45, 7) is 10.0. The van der Waals surface area contributed by atoms with Gasteiger partial charge in [-0.25, -0.2) is 13.1 Å². The number of rotatable bonds is 5. The number of ketones is 1. The topological polar surface area (TPSA) is 89.3 Å². The van der Waals surface area contributed by atoms with Crippen LogP contribution in [0.2, 0.25) is 0 Å². The highest BCUT2D eigenvalue weighted by molar-refractivity contribution is 7.99. The fourth-order valence-corrected chi connectivity index (χ4v) is 7.67. The van der Waals surface area contributed by atoms with E-state index < -0.39 is 15.3 Å². The number of aromatic hydroxyl groups is 1. The largest absolute Gasteiger partial charge is 0.493 e. The van der Waals surface area contributed by atoms with Gasteiger partial charge in [-0.15, -0.1) is 0 Å². The summed E-state index contributed by atoms with van der Waals surface area (Å²) in [5.41, 5.74) is 1.46. The second-order valence-corrected chi connectivity index (χ2v) is 11.1. The van der Waals surface area contributed by atoms with Crippen LogP contribution in [0.15, 0.2) is 23.2 Å². The molecular weight excluding hydrogens is 396 g/mol. The number of benzene rings is 1. The molecular formula is C20H26N2O4S2. The van der Waals surface area contributed by atoms with Crippen molar-refractivity contribution in [3.05, 3.63) is 40.6 Å². The van der Waals surface area contributed by atoms with E-state index in [-0.39, 0.29) is 28.2 Å². The molecule has 1 aliphatic rings. The average molecular weight is 423 g/mol. The molecule has 2 heterocycles. The van der Waals surface area contributed by atoms with Crippen molar-refractivity contribution in [3.8, 4) is 5.88 Å². The molecule has 0 fully saturated rings. The third kappa shape index (κ3) is 3.26. The summed E-state index contributed by atoms with van der Waals surface area (Å²) >= 11 is 1.70. The zero-order chi connectivity index (χ0) is 20.9. The maximum absolute atomic E-state index is 13.1. The number of carbonyl (C=O) groups excluding carboxylic acids is 1.